The largest absolute Gasteiger partial charge is 0.313 e. The summed E-state index contributed by atoms with van der Waals surface area (Å²) in [5, 5.41) is 2.60. The molecular formula is C37H29N. The Hall–Kier alpha value is -4.36. The summed E-state index contributed by atoms with van der Waals surface area (Å²) in [6, 6.07) is 38.3. The highest BCUT2D eigenvalue weighted by molar-refractivity contribution is 5.98. The van der Waals surface area contributed by atoms with E-state index in [9.17, 15) is 0 Å². The summed E-state index contributed by atoms with van der Waals surface area (Å²) in [4.78, 5) is 2.49. The van der Waals surface area contributed by atoms with Gasteiger partial charge in [-0.05, 0) is 92.5 Å². The highest BCUT2D eigenvalue weighted by atomic mass is 15.2. The first-order valence-electron chi connectivity index (χ1n) is 13.6. The van der Waals surface area contributed by atoms with Gasteiger partial charge in [-0.1, -0.05) is 98.8 Å². The van der Waals surface area contributed by atoms with E-state index in [-0.39, 0.29) is 5.41 Å². The second-order valence-corrected chi connectivity index (χ2v) is 11.3. The van der Waals surface area contributed by atoms with Crippen LogP contribution >= 0.6 is 0 Å². The molecule has 1 unspecified atom stereocenters. The number of hydrogen-bond donors (Lipinski definition) is 0. The first-order chi connectivity index (χ1) is 18.6. The van der Waals surface area contributed by atoms with E-state index < -0.39 is 0 Å². The van der Waals surface area contributed by atoms with Crippen LogP contribution in [0.5, 0.6) is 0 Å². The van der Waals surface area contributed by atoms with Crippen molar-refractivity contribution in [2.75, 3.05) is 4.90 Å². The third-order valence-corrected chi connectivity index (χ3v) is 8.94. The van der Waals surface area contributed by atoms with Gasteiger partial charge in [0.15, 0.2) is 0 Å². The van der Waals surface area contributed by atoms with Crippen LogP contribution in [0.1, 0.15) is 42.9 Å². The first-order valence-corrected chi connectivity index (χ1v) is 13.6. The molecule has 0 radical (unpaired) electrons. The molecule has 1 heterocycles. The molecule has 8 rings (SSSR count). The Morgan fingerprint density at radius 3 is 2.39 bits per heavy atom. The van der Waals surface area contributed by atoms with Gasteiger partial charge < -0.3 is 4.90 Å². The van der Waals surface area contributed by atoms with Gasteiger partial charge in [-0.15, -0.1) is 0 Å². The van der Waals surface area contributed by atoms with E-state index in [4.69, 9.17) is 0 Å². The fraction of sp³-hybridized carbons (Fsp3) is 0.135. The Balaban J connectivity index is 1.31. The topological polar surface area (TPSA) is 3.24 Å². The van der Waals surface area contributed by atoms with E-state index in [0.29, 0.717) is 5.92 Å². The SMILES string of the molecule is CC1(C)c2cc(-c3cccc4ccccc34)ccc2-c2cc3c(cc21)N(c1ccccc1)C1=CC=CCC13. The molecule has 0 aromatic heterocycles. The smallest absolute Gasteiger partial charge is 0.0501 e. The molecule has 1 aliphatic heterocycles. The minimum atomic E-state index is -0.0803. The van der Waals surface area contributed by atoms with Crippen molar-refractivity contribution in [2.24, 2.45) is 0 Å². The molecular weight excluding hydrogens is 458 g/mol. The van der Waals surface area contributed by atoms with Crippen LogP contribution in [-0.2, 0) is 5.41 Å². The van der Waals surface area contributed by atoms with Gasteiger partial charge in [0.2, 0.25) is 0 Å². The molecule has 0 amide bonds. The molecule has 0 fully saturated rings. The lowest BCUT2D eigenvalue weighted by Gasteiger charge is -2.26. The molecule has 3 aliphatic rings. The molecule has 1 atom stereocenters. The number of anilines is 2. The molecule has 0 saturated carbocycles. The Morgan fingerprint density at radius 2 is 1.50 bits per heavy atom. The number of nitrogens with zero attached hydrogens (tertiary/aromatic N) is 1. The summed E-state index contributed by atoms with van der Waals surface area (Å²) in [6.45, 7) is 4.79. The zero-order valence-corrected chi connectivity index (χ0v) is 21.8. The summed E-state index contributed by atoms with van der Waals surface area (Å²) in [5.41, 5.74) is 13.6. The van der Waals surface area contributed by atoms with Crippen molar-refractivity contribution in [3.63, 3.8) is 0 Å². The average Bonchev–Trinajstić information content (AvgIpc) is 3.40. The maximum absolute atomic E-state index is 2.51. The van der Waals surface area contributed by atoms with Gasteiger partial charge >= 0.3 is 0 Å². The average molecular weight is 488 g/mol. The van der Waals surface area contributed by atoms with Crippen LogP contribution in [0.3, 0.4) is 0 Å². The van der Waals surface area contributed by atoms with Gasteiger partial charge in [0.05, 0.1) is 5.69 Å². The van der Waals surface area contributed by atoms with Crippen molar-refractivity contribution < 1.29 is 0 Å². The van der Waals surface area contributed by atoms with Crippen molar-refractivity contribution in [3.8, 4) is 22.3 Å². The normalized spacial score (nSPS) is 18.1. The molecule has 0 bridgehead atoms. The van der Waals surface area contributed by atoms with E-state index in [1.54, 1.807) is 0 Å². The van der Waals surface area contributed by atoms with Crippen LogP contribution in [-0.4, -0.2) is 0 Å². The molecule has 1 nitrogen and oxygen atoms in total. The van der Waals surface area contributed by atoms with Crippen molar-refractivity contribution in [3.05, 3.63) is 144 Å². The highest BCUT2D eigenvalue weighted by Crippen LogP contribution is 2.57. The van der Waals surface area contributed by atoms with E-state index in [1.165, 1.54) is 66.8 Å². The molecule has 38 heavy (non-hydrogen) atoms. The van der Waals surface area contributed by atoms with E-state index >= 15 is 0 Å². The predicted molar refractivity (Wildman–Crippen MR) is 160 cm³/mol. The molecule has 5 aromatic carbocycles. The minimum absolute atomic E-state index is 0.0803. The van der Waals surface area contributed by atoms with Crippen LogP contribution < -0.4 is 4.90 Å². The zero-order chi connectivity index (χ0) is 25.4. The Kier molecular flexibility index (Phi) is 4.47. The highest BCUT2D eigenvalue weighted by Gasteiger charge is 2.41. The van der Waals surface area contributed by atoms with Crippen molar-refractivity contribution >= 4 is 22.1 Å². The molecule has 5 aromatic rings. The molecule has 0 N–H and O–H groups in total. The van der Waals surface area contributed by atoms with Gasteiger partial charge in [0, 0.05) is 22.7 Å². The third kappa shape index (κ3) is 2.93. The Morgan fingerprint density at radius 1 is 0.711 bits per heavy atom. The second kappa shape index (κ2) is 7.82. The number of benzene rings is 5. The lowest BCUT2D eigenvalue weighted by Crippen LogP contribution is -2.17. The summed E-state index contributed by atoms with van der Waals surface area (Å²) < 4.78 is 0. The van der Waals surface area contributed by atoms with Gasteiger partial charge in [-0.2, -0.15) is 0 Å². The third-order valence-electron chi connectivity index (χ3n) is 8.94. The van der Waals surface area contributed by atoms with Gasteiger partial charge in [-0.25, -0.2) is 0 Å². The van der Waals surface area contributed by atoms with E-state index in [2.05, 4.69) is 140 Å². The quantitative estimate of drug-likeness (QED) is 0.239. The maximum Gasteiger partial charge on any atom is 0.0501 e. The summed E-state index contributed by atoms with van der Waals surface area (Å²) in [7, 11) is 0. The van der Waals surface area contributed by atoms with E-state index in [0.717, 1.165) is 6.42 Å². The molecule has 182 valence electrons. The summed E-state index contributed by atoms with van der Waals surface area (Å²) in [6.07, 6.45) is 7.89. The van der Waals surface area contributed by atoms with Crippen LogP contribution in [0.2, 0.25) is 0 Å². The summed E-state index contributed by atoms with van der Waals surface area (Å²) in [5.74, 6) is 0.405. The lowest BCUT2D eigenvalue weighted by atomic mass is 9.80. The zero-order valence-electron chi connectivity index (χ0n) is 21.8. The molecule has 0 saturated heterocycles. The number of allylic oxidation sites excluding steroid dienone is 4. The number of para-hydroxylation sites is 1. The number of fused-ring (bicyclic) bond motifs is 7. The van der Waals surface area contributed by atoms with Gasteiger partial charge in [-0.3, -0.25) is 0 Å². The van der Waals surface area contributed by atoms with Gasteiger partial charge in [0.1, 0.15) is 0 Å². The van der Waals surface area contributed by atoms with Crippen molar-refractivity contribution in [1.29, 1.82) is 0 Å². The van der Waals surface area contributed by atoms with Gasteiger partial charge in [0.25, 0.3) is 0 Å². The first kappa shape index (κ1) is 21.7. The van der Waals surface area contributed by atoms with Crippen molar-refractivity contribution in [2.45, 2.75) is 31.6 Å². The molecule has 1 heteroatoms. The summed E-state index contributed by atoms with van der Waals surface area (Å²) >= 11 is 0. The lowest BCUT2D eigenvalue weighted by molar-refractivity contribution is 0.660. The second-order valence-electron chi connectivity index (χ2n) is 11.3. The molecule has 2 aliphatic carbocycles. The fourth-order valence-electron chi connectivity index (χ4n) is 7.04. The van der Waals surface area contributed by atoms with Crippen LogP contribution in [0, 0.1) is 0 Å². The number of rotatable bonds is 2. The fourth-order valence-corrected chi connectivity index (χ4v) is 7.04. The molecule has 0 spiro atoms. The monoisotopic (exact) mass is 487 g/mol. The standard InChI is InChI=1S/C37H29N/c1-37(2)33-21-25(28-17-10-12-24-11-6-7-15-27(24)28)19-20-29(33)31-22-32-30-16-8-9-18-35(30)38(36(32)23-34(31)37)26-13-4-3-5-14-26/h3-15,17-23,30H,16H2,1-2H3. The maximum atomic E-state index is 2.51. The predicted octanol–water partition coefficient (Wildman–Crippen LogP) is 9.89. The Bertz CT molecular complexity index is 1810. The van der Waals surface area contributed by atoms with Crippen LogP contribution in [0.4, 0.5) is 11.4 Å². The minimum Gasteiger partial charge on any atom is -0.313 e. The van der Waals surface area contributed by atoms with Crippen molar-refractivity contribution in [1.82, 2.24) is 0 Å². The van der Waals surface area contributed by atoms with E-state index in [1.807, 2.05) is 0 Å². The number of hydrogen-bond acceptors (Lipinski definition) is 1. The Labute approximate surface area is 224 Å². The van der Waals surface area contributed by atoms with Crippen LogP contribution in [0.15, 0.2) is 127 Å². The van der Waals surface area contributed by atoms with Crippen LogP contribution in [0.25, 0.3) is 33.0 Å².